The van der Waals surface area contributed by atoms with Gasteiger partial charge in [0.2, 0.25) is 5.56 Å². The molecule has 4 aromatic rings. The zero-order valence-electron chi connectivity index (χ0n) is 11.4. The van der Waals surface area contributed by atoms with Crippen LogP contribution in [-0.4, -0.2) is 9.55 Å². The molecular formula is C17H14N2O. The number of aryl methyl sites for hydroxylation is 2. The van der Waals surface area contributed by atoms with Crippen LogP contribution >= 0.6 is 0 Å². The summed E-state index contributed by atoms with van der Waals surface area (Å²) < 4.78 is 2.18. The summed E-state index contributed by atoms with van der Waals surface area (Å²) in [7, 11) is 2.07. The van der Waals surface area contributed by atoms with Crippen molar-refractivity contribution < 1.29 is 0 Å². The van der Waals surface area contributed by atoms with E-state index in [-0.39, 0.29) is 5.56 Å². The van der Waals surface area contributed by atoms with Gasteiger partial charge >= 0.3 is 0 Å². The standard InChI is InChI=1S/C17H14N2O/c1-10-13-9-14-12-5-3-4-6-15(12)19(2)16(14)7-11(13)8-17(20)18-10/h3-9H,1-2H3,(H,18,20). The van der Waals surface area contributed by atoms with Gasteiger partial charge in [-0.1, -0.05) is 18.2 Å². The highest BCUT2D eigenvalue weighted by Gasteiger charge is 2.10. The van der Waals surface area contributed by atoms with Crippen molar-refractivity contribution in [2.75, 3.05) is 0 Å². The lowest BCUT2D eigenvalue weighted by Gasteiger charge is -2.03. The molecule has 0 unspecified atom stereocenters. The van der Waals surface area contributed by atoms with E-state index in [0.29, 0.717) is 0 Å². The van der Waals surface area contributed by atoms with Gasteiger partial charge in [0.1, 0.15) is 0 Å². The molecule has 3 heteroatoms. The maximum atomic E-state index is 11.6. The summed E-state index contributed by atoms with van der Waals surface area (Å²) in [5, 5.41) is 4.57. The topological polar surface area (TPSA) is 37.8 Å². The van der Waals surface area contributed by atoms with Gasteiger partial charge in [0.05, 0.1) is 0 Å². The minimum absolute atomic E-state index is 0.0480. The van der Waals surface area contributed by atoms with Gasteiger partial charge in [-0.2, -0.15) is 0 Å². The van der Waals surface area contributed by atoms with Crippen molar-refractivity contribution in [1.29, 1.82) is 0 Å². The second kappa shape index (κ2) is 3.73. The van der Waals surface area contributed by atoms with Crippen molar-refractivity contribution in [2.45, 2.75) is 6.92 Å². The first-order valence-corrected chi connectivity index (χ1v) is 6.66. The van der Waals surface area contributed by atoms with E-state index in [1.807, 2.05) is 6.92 Å². The quantitative estimate of drug-likeness (QED) is 0.517. The molecule has 2 aromatic carbocycles. The summed E-state index contributed by atoms with van der Waals surface area (Å²) in [6.07, 6.45) is 0. The van der Waals surface area contributed by atoms with Gasteiger partial charge in [-0.25, -0.2) is 0 Å². The summed E-state index contributed by atoms with van der Waals surface area (Å²) in [4.78, 5) is 14.5. The number of benzene rings is 2. The first-order valence-electron chi connectivity index (χ1n) is 6.66. The Hall–Kier alpha value is -2.55. The van der Waals surface area contributed by atoms with Crippen LogP contribution in [-0.2, 0) is 7.05 Å². The summed E-state index contributed by atoms with van der Waals surface area (Å²) in [5.41, 5.74) is 3.24. The average Bonchev–Trinajstić information content (AvgIpc) is 2.71. The Bertz CT molecular complexity index is 1040. The van der Waals surface area contributed by atoms with Crippen molar-refractivity contribution in [3.63, 3.8) is 0 Å². The Morgan fingerprint density at radius 1 is 0.950 bits per heavy atom. The summed E-state index contributed by atoms with van der Waals surface area (Å²) in [5.74, 6) is 0. The van der Waals surface area contributed by atoms with Gasteiger partial charge in [-0.3, -0.25) is 4.79 Å². The molecule has 0 aliphatic carbocycles. The van der Waals surface area contributed by atoms with Crippen LogP contribution in [0.3, 0.4) is 0 Å². The number of H-pyrrole nitrogens is 1. The summed E-state index contributed by atoms with van der Waals surface area (Å²) in [6, 6.07) is 14.3. The molecule has 3 nitrogen and oxygen atoms in total. The molecule has 4 rings (SSSR count). The first-order chi connectivity index (χ1) is 9.65. The predicted octanol–water partition coefficient (Wildman–Crippen LogP) is 3.48. The zero-order chi connectivity index (χ0) is 13.9. The molecule has 2 aromatic heterocycles. The molecule has 1 N–H and O–H groups in total. The van der Waals surface area contributed by atoms with E-state index in [4.69, 9.17) is 0 Å². The minimum Gasteiger partial charge on any atom is -0.344 e. The lowest BCUT2D eigenvalue weighted by Crippen LogP contribution is -2.05. The first kappa shape index (κ1) is 11.3. The molecule has 0 radical (unpaired) electrons. The maximum absolute atomic E-state index is 11.6. The van der Waals surface area contributed by atoms with Gasteiger partial charge in [0.25, 0.3) is 0 Å². The van der Waals surface area contributed by atoms with Gasteiger partial charge in [-0.05, 0) is 30.5 Å². The summed E-state index contributed by atoms with van der Waals surface area (Å²) in [6.45, 7) is 1.95. The molecule has 0 atom stereocenters. The Kier molecular flexibility index (Phi) is 2.11. The third kappa shape index (κ3) is 1.37. The van der Waals surface area contributed by atoms with Crippen LogP contribution < -0.4 is 5.56 Å². The Labute approximate surface area is 115 Å². The average molecular weight is 262 g/mol. The second-order valence-corrected chi connectivity index (χ2v) is 5.29. The molecule has 2 heterocycles. The number of pyridine rings is 1. The van der Waals surface area contributed by atoms with Crippen molar-refractivity contribution >= 4 is 32.6 Å². The van der Waals surface area contributed by atoms with Gasteiger partial charge in [0.15, 0.2) is 0 Å². The number of hydrogen-bond donors (Lipinski definition) is 1. The Balaban J connectivity index is 2.32. The van der Waals surface area contributed by atoms with E-state index in [9.17, 15) is 4.79 Å². The molecule has 0 fully saturated rings. The van der Waals surface area contributed by atoms with E-state index in [1.165, 1.54) is 16.3 Å². The van der Waals surface area contributed by atoms with Gasteiger partial charge in [0, 0.05) is 46.0 Å². The number of nitrogens with one attached hydrogen (secondary N) is 1. The molecule has 0 aliphatic heterocycles. The van der Waals surface area contributed by atoms with E-state index < -0.39 is 0 Å². The third-order valence-corrected chi connectivity index (χ3v) is 4.09. The fraction of sp³-hybridized carbons (Fsp3) is 0.118. The molecule has 0 amide bonds. The normalized spacial score (nSPS) is 11.7. The monoisotopic (exact) mass is 262 g/mol. The SMILES string of the molecule is Cc1[nH]c(=O)cc2cc3c(cc12)c1ccccc1n3C. The Morgan fingerprint density at radius 3 is 2.60 bits per heavy atom. The number of fused-ring (bicyclic) bond motifs is 4. The highest BCUT2D eigenvalue weighted by atomic mass is 16.1. The van der Waals surface area contributed by atoms with Crippen molar-refractivity contribution in [1.82, 2.24) is 9.55 Å². The molecule has 0 spiro atoms. The maximum Gasteiger partial charge on any atom is 0.248 e. The largest absolute Gasteiger partial charge is 0.344 e. The lowest BCUT2D eigenvalue weighted by atomic mass is 10.1. The fourth-order valence-electron chi connectivity index (χ4n) is 3.09. The van der Waals surface area contributed by atoms with Crippen LogP contribution in [0.15, 0.2) is 47.3 Å². The van der Waals surface area contributed by atoms with E-state index >= 15 is 0 Å². The molecule has 0 bridgehead atoms. The van der Waals surface area contributed by atoms with E-state index in [0.717, 1.165) is 22.0 Å². The van der Waals surface area contributed by atoms with Crippen molar-refractivity contribution in [3.05, 3.63) is 58.5 Å². The molecule has 98 valence electrons. The number of nitrogens with zero attached hydrogens (tertiary/aromatic N) is 1. The molecule has 0 saturated carbocycles. The van der Waals surface area contributed by atoms with Crippen LogP contribution in [0.25, 0.3) is 32.6 Å². The highest BCUT2D eigenvalue weighted by molar-refractivity contribution is 6.12. The van der Waals surface area contributed by atoms with E-state index in [1.54, 1.807) is 6.07 Å². The molecular weight excluding hydrogens is 248 g/mol. The van der Waals surface area contributed by atoms with Crippen LogP contribution in [0.5, 0.6) is 0 Å². The van der Waals surface area contributed by atoms with Crippen LogP contribution in [0.2, 0.25) is 0 Å². The Morgan fingerprint density at radius 2 is 1.75 bits per heavy atom. The minimum atomic E-state index is -0.0480. The van der Waals surface area contributed by atoms with Crippen LogP contribution in [0.1, 0.15) is 5.69 Å². The van der Waals surface area contributed by atoms with Gasteiger partial charge in [-0.15, -0.1) is 0 Å². The van der Waals surface area contributed by atoms with Crippen LogP contribution in [0, 0.1) is 6.92 Å². The smallest absolute Gasteiger partial charge is 0.248 e. The number of para-hydroxylation sites is 1. The van der Waals surface area contributed by atoms with Crippen molar-refractivity contribution in [3.8, 4) is 0 Å². The zero-order valence-corrected chi connectivity index (χ0v) is 11.4. The number of rotatable bonds is 0. The lowest BCUT2D eigenvalue weighted by molar-refractivity contribution is 1.01. The van der Waals surface area contributed by atoms with Crippen molar-refractivity contribution in [2.24, 2.45) is 7.05 Å². The number of aromatic nitrogens is 2. The number of aromatic amines is 1. The van der Waals surface area contributed by atoms with E-state index in [2.05, 4.69) is 53.0 Å². The molecule has 0 saturated heterocycles. The predicted molar refractivity (Wildman–Crippen MR) is 83.3 cm³/mol. The van der Waals surface area contributed by atoms with Gasteiger partial charge < -0.3 is 9.55 Å². The highest BCUT2D eigenvalue weighted by Crippen LogP contribution is 2.31. The summed E-state index contributed by atoms with van der Waals surface area (Å²) >= 11 is 0. The fourth-order valence-corrected chi connectivity index (χ4v) is 3.09. The number of hydrogen-bond acceptors (Lipinski definition) is 1. The molecule has 20 heavy (non-hydrogen) atoms. The molecule has 0 aliphatic rings. The third-order valence-electron chi connectivity index (χ3n) is 4.09. The second-order valence-electron chi connectivity index (χ2n) is 5.29. The van der Waals surface area contributed by atoms with Crippen LogP contribution in [0.4, 0.5) is 0 Å².